The van der Waals surface area contributed by atoms with E-state index in [0.717, 1.165) is 24.2 Å². The third-order valence-electron chi connectivity index (χ3n) is 2.64. The Balaban J connectivity index is 2.20. The lowest BCUT2D eigenvalue weighted by Gasteiger charge is -2.14. The SMILES string of the molecule is CC(C)Cc1ccccc1[S+]([O-])C1CC1. The summed E-state index contributed by atoms with van der Waals surface area (Å²) in [6.07, 6.45) is 3.32. The van der Waals surface area contributed by atoms with Crippen LogP contribution in [0.3, 0.4) is 0 Å². The normalized spacial score (nSPS) is 18.1. The largest absolute Gasteiger partial charge is 0.611 e. The molecule has 0 spiro atoms. The van der Waals surface area contributed by atoms with Gasteiger partial charge in [-0.2, -0.15) is 0 Å². The minimum absolute atomic E-state index is 0.443. The van der Waals surface area contributed by atoms with Crippen LogP contribution in [0.4, 0.5) is 0 Å². The monoisotopic (exact) mass is 222 g/mol. The Kier molecular flexibility index (Phi) is 3.37. The van der Waals surface area contributed by atoms with E-state index in [1.807, 2.05) is 18.2 Å². The van der Waals surface area contributed by atoms with Gasteiger partial charge in [-0.3, -0.25) is 0 Å². The van der Waals surface area contributed by atoms with E-state index in [1.54, 1.807) is 0 Å². The molecule has 1 aliphatic carbocycles. The maximum absolute atomic E-state index is 12.1. The van der Waals surface area contributed by atoms with Gasteiger partial charge in [0, 0.05) is 18.4 Å². The molecule has 82 valence electrons. The minimum atomic E-state index is -0.752. The summed E-state index contributed by atoms with van der Waals surface area (Å²) in [5, 5.41) is 0.443. The molecule has 1 atom stereocenters. The van der Waals surface area contributed by atoms with Gasteiger partial charge < -0.3 is 4.55 Å². The highest BCUT2D eigenvalue weighted by atomic mass is 32.2. The van der Waals surface area contributed by atoms with Gasteiger partial charge in [0.2, 0.25) is 0 Å². The molecule has 2 heteroatoms. The molecule has 1 aliphatic rings. The van der Waals surface area contributed by atoms with Crippen LogP contribution < -0.4 is 0 Å². The molecule has 1 nitrogen and oxygen atoms in total. The van der Waals surface area contributed by atoms with Crippen LogP contribution in [0, 0.1) is 5.92 Å². The predicted octanol–water partition coefficient (Wildman–Crippen LogP) is 3.16. The van der Waals surface area contributed by atoms with Gasteiger partial charge in [-0.05, 0) is 29.6 Å². The second kappa shape index (κ2) is 4.58. The fraction of sp³-hybridized carbons (Fsp3) is 0.538. The van der Waals surface area contributed by atoms with Crippen LogP contribution in [0.5, 0.6) is 0 Å². The molecule has 0 bridgehead atoms. The van der Waals surface area contributed by atoms with Gasteiger partial charge in [0.25, 0.3) is 0 Å². The molecule has 1 saturated carbocycles. The number of rotatable bonds is 4. The second-order valence-electron chi connectivity index (χ2n) is 4.70. The number of hydrogen-bond acceptors (Lipinski definition) is 1. The topological polar surface area (TPSA) is 23.1 Å². The van der Waals surface area contributed by atoms with E-state index in [-0.39, 0.29) is 0 Å². The zero-order chi connectivity index (χ0) is 10.8. The molecule has 0 N–H and O–H groups in total. The first kappa shape index (κ1) is 11.0. The van der Waals surface area contributed by atoms with E-state index >= 15 is 0 Å². The Labute approximate surface area is 95.1 Å². The predicted molar refractivity (Wildman–Crippen MR) is 64.4 cm³/mol. The summed E-state index contributed by atoms with van der Waals surface area (Å²) in [4.78, 5) is 1.08. The zero-order valence-corrected chi connectivity index (χ0v) is 10.2. The summed E-state index contributed by atoms with van der Waals surface area (Å²) in [5.41, 5.74) is 1.28. The van der Waals surface area contributed by atoms with Crippen LogP contribution in [-0.2, 0) is 17.6 Å². The summed E-state index contributed by atoms with van der Waals surface area (Å²) in [5.74, 6) is 0.627. The van der Waals surface area contributed by atoms with E-state index in [1.165, 1.54) is 5.56 Å². The van der Waals surface area contributed by atoms with Crippen LogP contribution in [0.1, 0.15) is 32.3 Å². The Morgan fingerprint density at radius 2 is 2.00 bits per heavy atom. The molecule has 0 amide bonds. The van der Waals surface area contributed by atoms with Gasteiger partial charge in [0.15, 0.2) is 4.90 Å². The maximum Gasteiger partial charge on any atom is 0.156 e. The molecular weight excluding hydrogens is 204 g/mol. The second-order valence-corrected chi connectivity index (χ2v) is 6.40. The van der Waals surface area contributed by atoms with Crippen molar-refractivity contribution in [1.29, 1.82) is 0 Å². The molecule has 1 aromatic carbocycles. The summed E-state index contributed by atoms with van der Waals surface area (Å²) in [6, 6.07) is 8.20. The van der Waals surface area contributed by atoms with Crippen LogP contribution in [0.2, 0.25) is 0 Å². The van der Waals surface area contributed by atoms with Gasteiger partial charge in [0.1, 0.15) is 5.25 Å². The highest BCUT2D eigenvalue weighted by Gasteiger charge is 2.36. The lowest BCUT2D eigenvalue weighted by Crippen LogP contribution is -2.11. The lowest BCUT2D eigenvalue weighted by molar-refractivity contribution is 0.588. The summed E-state index contributed by atoms with van der Waals surface area (Å²) in [6.45, 7) is 4.41. The molecular formula is C13H18OS. The quantitative estimate of drug-likeness (QED) is 0.718. The first-order valence-corrected chi connectivity index (χ1v) is 6.88. The van der Waals surface area contributed by atoms with Gasteiger partial charge in [-0.15, -0.1) is 0 Å². The van der Waals surface area contributed by atoms with E-state index in [0.29, 0.717) is 11.2 Å². The van der Waals surface area contributed by atoms with Gasteiger partial charge in [-0.1, -0.05) is 32.0 Å². The third kappa shape index (κ3) is 2.76. The van der Waals surface area contributed by atoms with Gasteiger partial charge in [0.05, 0.1) is 0 Å². The molecule has 2 rings (SSSR count). The van der Waals surface area contributed by atoms with E-state index in [4.69, 9.17) is 0 Å². The van der Waals surface area contributed by atoms with E-state index in [2.05, 4.69) is 19.9 Å². The Morgan fingerprint density at radius 3 is 2.60 bits per heavy atom. The number of benzene rings is 1. The van der Waals surface area contributed by atoms with Crippen molar-refractivity contribution >= 4 is 11.2 Å². The highest BCUT2D eigenvalue weighted by Crippen LogP contribution is 2.35. The summed E-state index contributed by atoms with van der Waals surface area (Å²) >= 11 is -0.752. The molecule has 1 unspecified atom stereocenters. The fourth-order valence-electron chi connectivity index (χ4n) is 1.77. The summed E-state index contributed by atoms with van der Waals surface area (Å²) in [7, 11) is 0. The van der Waals surface area contributed by atoms with Crippen LogP contribution in [-0.4, -0.2) is 9.80 Å². The molecule has 1 aromatic rings. The Morgan fingerprint density at radius 1 is 1.33 bits per heavy atom. The highest BCUT2D eigenvalue weighted by molar-refractivity contribution is 7.92. The van der Waals surface area contributed by atoms with Gasteiger partial charge in [-0.25, -0.2) is 0 Å². The van der Waals surface area contributed by atoms with E-state index < -0.39 is 11.2 Å². The smallest absolute Gasteiger partial charge is 0.156 e. The minimum Gasteiger partial charge on any atom is -0.611 e. The fourth-order valence-corrected chi connectivity index (χ4v) is 3.32. The molecule has 0 heterocycles. The lowest BCUT2D eigenvalue weighted by atomic mass is 10.0. The molecule has 0 saturated heterocycles. The zero-order valence-electron chi connectivity index (χ0n) is 9.40. The van der Waals surface area contributed by atoms with Crippen molar-refractivity contribution in [3.8, 4) is 0 Å². The number of hydrogen-bond donors (Lipinski definition) is 0. The van der Waals surface area contributed by atoms with Crippen LogP contribution in [0.15, 0.2) is 29.2 Å². The van der Waals surface area contributed by atoms with Crippen molar-refractivity contribution in [2.75, 3.05) is 0 Å². The average Bonchev–Trinajstić information content (AvgIpc) is 3.00. The van der Waals surface area contributed by atoms with Crippen molar-refractivity contribution in [2.24, 2.45) is 5.92 Å². The Bertz CT molecular complexity index is 331. The van der Waals surface area contributed by atoms with Crippen LogP contribution in [0.25, 0.3) is 0 Å². The van der Waals surface area contributed by atoms with Crippen LogP contribution >= 0.6 is 0 Å². The third-order valence-corrected chi connectivity index (χ3v) is 4.55. The first-order valence-electron chi connectivity index (χ1n) is 5.67. The molecule has 0 aliphatic heterocycles. The molecule has 0 aromatic heterocycles. The van der Waals surface area contributed by atoms with Crippen molar-refractivity contribution in [3.63, 3.8) is 0 Å². The van der Waals surface area contributed by atoms with Crippen molar-refractivity contribution < 1.29 is 4.55 Å². The Hall–Kier alpha value is -0.470. The molecule has 1 fully saturated rings. The first-order chi connectivity index (χ1) is 7.18. The molecule has 15 heavy (non-hydrogen) atoms. The van der Waals surface area contributed by atoms with Crippen molar-refractivity contribution in [2.45, 2.75) is 43.3 Å². The maximum atomic E-state index is 12.1. The van der Waals surface area contributed by atoms with Gasteiger partial charge >= 0.3 is 0 Å². The average molecular weight is 222 g/mol. The summed E-state index contributed by atoms with van der Waals surface area (Å²) < 4.78 is 12.1. The van der Waals surface area contributed by atoms with E-state index in [9.17, 15) is 4.55 Å². The van der Waals surface area contributed by atoms with Crippen molar-refractivity contribution in [3.05, 3.63) is 29.8 Å². The van der Waals surface area contributed by atoms with Crippen molar-refractivity contribution in [1.82, 2.24) is 0 Å². The molecule has 0 radical (unpaired) electrons. The standard InChI is InChI=1S/C13H18OS/c1-10(2)9-11-5-3-4-6-13(11)15(14)12-7-8-12/h3-6,10,12H,7-9H2,1-2H3.